The van der Waals surface area contributed by atoms with Crippen molar-refractivity contribution in [2.24, 2.45) is 0 Å². The van der Waals surface area contributed by atoms with Gasteiger partial charge in [-0.15, -0.1) is 0 Å². The van der Waals surface area contributed by atoms with Crippen LogP contribution in [0, 0.1) is 0 Å². The molecule has 2 aromatic rings. The summed E-state index contributed by atoms with van der Waals surface area (Å²) in [7, 11) is 0. The molecular formula is C16H20N2O. The number of benzene rings is 1. The molecule has 3 rings (SSSR count). The van der Waals surface area contributed by atoms with Gasteiger partial charge in [0.15, 0.2) is 0 Å². The molecule has 0 aliphatic heterocycles. The predicted molar refractivity (Wildman–Crippen MR) is 74.9 cm³/mol. The van der Waals surface area contributed by atoms with Crippen LogP contribution < -0.4 is 0 Å². The van der Waals surface area contributed by atoms with E-state index >= 15 is 0 Å². The fourth-order valence-corrected chi connectivity index (χ4v) is 3.09. The van der Waals surface area contributed by atoms with Gasteiger partial charge in [-0.1, -0.05) is 24.3 Å². The van der Waals surface area contributed by atoms with E-state index in [1.165, 1.54) is 5.56 Å². The van der Waals surface area contributed by atoms with Crippen LogP contribution in [0.2, 0.25) is 0 Å². The van der Waals surface area contributed by atoms with E-state index in [2.05, 4.69) is 30.2 Å². The van der Waals surface area contributed by atoms with Gasteiger partial charge in [-0.2, -0.15) is 5.10 Å². The van der Waals surface area contributed by atoms with Crippen molar-refractivity contribution in [3.05, 3.63) is 53.3 Å². The lowest BCUT2D eigenvalue weighted by Gasteiger charge is -2.34. The SMILES string of the molecule is CCn1cc(CC2(O)CCCc3ccccc32)cn1. The van der Waals surface area contributed by atoms with E-state index in [4.69, 9.17) is 0 Å². The van der Waals surface area contributed by atoms with Crippen molar-refractivity contribution < 1.29 is 5.11 Å². The largest absolute Gasteiger partial charge is 0.385 e. The maximum absolute atomic E-state index is 11.0. The summed E-state index contributed by atoms with van der Waals surface area (Å²) < 4.78 is 1.91. The number of aliphatic hydroxyl groups is 1. The third kappa shape index (κ3) is 2.30. The van der Waals surface area contributed by atoms with Gasteiger partial charge >= 0.3 is 0 Å². The van der Waals surface area contributed by atoms with Crippen LogP contribution in [0.15, 0.2) is 36.7 Å². The molecule has 1 unspecified atom stereocenters. The van der Waals surface area contributed by atoms with Crippen LogP contribution in [0.1, 0.15) is 36.5 Å². The molecule has 0 saturated carbocycles. The summed E-state index contributed by atoms with van der Waals surface area (Å²) in [5.74, 6) is 0. The minimum absolute atomic E-state index is 0.657. The Hall–Kier alpha value is -1.61. The Kier molecular flexibility index (Phi) is 3.15. The third-order valence-electron chi connectivity index (χ3n) is 4.06. The van der Waals surface area contributed by atoms with Gasteiger partial charge in [0, 0.05) is 19.2 Å². The Bertz CT molecular complexity index is 576. The van der Waals surface area contributed by atoms with Gasteiger partial charge in [-0.25, -0.2) is 0 Å². The predicted octanol–water partition coefficient (Wildman–Crippen LogP) is 2.67. The Morgan fingerprint density at radius 3 is 3.00 bits per heavy atom. The van der Waals surface area contributed by atoms with Crippen LogP contribution in [-0.2, 0) is 25.0 Å². The van der Waals surface area contributed by atoms with Gasteiger partial charge in [-0.3, -0.25) is 4.68 Å². The molecule has 3 heteroatoms. The van der Waals surface area contributed by atoms with Crippen molar-refractivity contribution in [3.63, 3.8) is 0 Å². The van der Waals surface area contributed by atoms with E-state index in [9.17, 15) is 5.11 Å². The second kappa shape index (κ2) is 4.82. The minimum Gasteiger partial charge on any atom is -0.385 e. The molecule has 0 radical (unpaired) electrons. The number of hydrogen-bond acceptors (Lipinski definition) is 2. The van der Waals surface area contributed by atoms with Crippen molar-refractivity contribution in [1.29, 1.82) is 0 Å². The van der Waals surface area contributed by atoms with Gasteiger partial charge in [0.2, 0.25) is 0 Å². The van der Waals surface area contributed by atoms with Crippen molar-refractivity contribution >= 4 is 0 Å². The van der Waals surface area contributed by atoms with Crippen LogP contribution >= 0.6 is 0 Å². The first-order valence-corrected chi connectivity index (χ1v) is 7.03. The van der Waals surface area contributed by atoms with Crippen LogP contribution in [0.3, 0.4) is 0 Å². The quantitative estimate of drug-likeness (QED) is 0.917. The lowest BCUT2D eigenvalue weighted by molar-refractivity contribution is 0.0190. The molecule has 1 aromatic carbocycles. The second-order valence-electron chi connectivity index (χ2n) is 5.42. The standard InChI is InChI=1S/C16H20N2O/c1-2-18-12-13(11-17-18)10-16(19)9-5-7-14-6-3-4-8-15(14)16/h3-4,6,8,11-12,19H,2,5,7,9-10H2,1H3. The first-order chi connectivity index (χ1) is 9.21. The maximum atomic E-state index is 11.0. The van der Waals surface area contributed by atoms with E-state index in [0.29, 0.717) is 6.42 Å². The summed E-state index contributed by atoms with van der Waals surface area (Å²) in [6.07, 6.45) is 7.53. The Balaban J connectivity index is 1.91. The highest BCUT2D eigenvalue weighted by Gasteiger charge is 2.34. The summed E-state index contributed by atoms with van der Waals surface area (Å²) in [5.41, 5.74) is 2.78. The number of hydrogen-bond donors (Lipinski definition) is 1. The fraction of sp³-hybridized carbons (Fsp3) is 0.438. The van der Waals surface area contributed by atoms with Gasteiger partial charge in [0.1, 0.15) is 0 Å². The average molecular weight is 256 g/mol. The summed E-state index contributed by atoms with van der Waals surface area (Å²) in [4.78, 5) is 0. The molecule has 1 aliphatic carbocycles. The van der Waals surface area contributed by atoms with E-state index in [1.807, 2.05) is 23.1 Å². The van der Waals surface area contributed by atoms with Crippen LogP contribution in [0.5, 0.6) is 0 Å². The summed E-state index contributed by atoms with van der Waals surface area (Å²) in [6.45, 7) is 2.94. The number of rotatable bonds is 3. The minimum atomic E-state index is -0.726. The third-order valence-corrected chi connectivity index (χ3v) is 4.06. The average Bonchev–Trinajstić information content (AvgIpc) is 2.86. The van der Waals surface area contributed by atoms with E-state index in [0.717, 1.165) is 36.9 Å². The molecule has 1 heterocycles. The second-order valence-corrected chi connectivity index (χ2v) is 5.42. The maximum Gasteiger partial charge on any atom is 0.0940 e. The molecule has 3 nitrogen and oxygen atoms in total. The van der Waals surface area contributed by atoms with Gasteiger partial charge in [0.25, 0.3) is 0 Å². The lowest BCUT2D eigenvalue weighted by atomic mass is 9.76. The number of aromatic nitrogens is 2. The lowest BCUT2D eigenvalue weighted by Crippen LogP contribution is -2.32. The van der Waals surface area contributed by atoms with E-state index in [-0.39, 0.29) is 0 Å². The molecule has 0 amide bonds. The number of fused-ring (bicyclic) bond motifs is 1. The normalized spacial score (nSPS) is 22.2. The molecule has 0 bridgehead atoms. The zero-order valence-electron chi connectivity index (χ0n) is 11.3. The molecule has 1 N–H and O–H groups in total. The highest BCUT2D eigenvalue weighted by Crippen LogP contribution is 2.37. The molecule has 1 aliphatic rings. The van der Waals surface area contributed by atoms with Gasteiger partial charge in [0.05, 0.1) is 11.8 Å². The molecule has 1 aromatic heterocycles. The highest BCUT2D eigenvalue weighted by atomic mass is 16.3. The smallest absolute Gasteiger partial charge is 0.0940 e. The van der Waals surface area contributed by atoms with Crippen molar-refractivity contribution in [2.75, 3.05) is 0 Å². The Morgan fingerprint density at radius 2 is 2.21 bits per heavy atom. The van der Waals surface area contributed by atoms with Gasteiger partial charge in [-0.05, 0) is 42.9 Å². The highest BCUT2D eigenvalue weighted by molar-refractivity contribution is 5.36. The molecule has 0 fully saturated rings. The topological polar surface area (TPSA) is 38.0 Å². The molecule has 0 spiro atoms. The summed E-state index contributed by atoms with van der Waals surface area (Å²) in [6, 6.07) is 8.28. The fourth-order valence-electron chi connectivity index (χ4n) is 3.09. The zero-order chi connectivity index (χ0) is 13.3. The number of aryl methyl sites for hydroxylation is 2. The first kappa shape index (κ1) is 12.4. The van der Waals surface area contributed by atoms with Gasteiger partial charge < -0.3 is 5.11 Å². The van der Waals surface area contributed by atoms with Crippen molar-refractivity contribution in [2.45, 2.75) is 44.8 Å². The van der Waals surface area contributed by atoms with Crippen LogP contribution in [-0.4, -0.2) is 14.9 Å². The van der Waals surface area contributed by atoms with E-state index < -0.39 is 5.60 Å². The Morgan fingerprint density at radius 1 is 1.37 bits per heavy atom. The van der Waals surface area contributed by atoms with Crippen molar-refractivity contribution in [3.8, 4) is 0 Å². The summed E-state index contributed by atoms with van der Waals surface area (Å²) in [5, 5.41) is 15.3. The van der Waals surface area contributed by atoms with Crippen LogP contribution in [0.25, 0.3) is 0 Å². The number of nitrogens with zero attached hydrogens (tertiary/aromatic N) is 2. The molecular weight excluding hydrogens is 236 g/mol. The summed E-state index contributed by atoms with van der Waals surface area (Å²) >= 11 is 0. The van der Waals surface area contributed by atoms with Crippen LogP contribution in [0.4, 0.5) is 0 Å². The first-order valence-electron chi connectivity index (χ1n) is 7.03. The molecule has 0 saturated heterocycles. The van der Waals surface area contributed by atoms with E-state index in [1.54, 1.807) is 0 Å². The molecule has 100 valence electrons. The molecule has 19 heavy (non-hydrogen) atoms. The Labute approximate surface area is 113 Å². The molecule has 1 atom stereocenters. The van der Waals surface area contributed by atoms with Crippen molar-refractivity contribution in [1.82, 2.24) is 9.78 Å². The zero-order valence-corrected chi connectivity index (χ0v) is 11.3. The monoisotopic (exact) mass is 256 g/mol.